The first kappa shape index (κ1) is 16.3. The van der Waals surface area contributed by atoms with Crippen LogP contribution in [0.4, 0.5) is 0 Å². The van der Waals surface area contributed by atoms with Crippen molar-refractivity contribution in [3.8, 4) is 0 Å². The molecule has 0 radical (unpaired) electrons. The fourth-order valence-corrected chi connectivity index (χ4v) is 3.68. The first-order chi connectivity index (χ1) is 12.6. The molecule has 1 amide bonds. The van der Waals surface area contributed by atoms with Gasteiger partial charge in [0.15, 0.2) is 0 Å². The van der Waals surface area contributed by atoms with Gasteiger partial charge in [-0.25, -0.2) is 4.79 Å². The molecule has 2 aromatic carbocycles. The van der Waals surface area contributed by atoms with Crippen molar-refractivity contribution in [3.63, 3.8) is 0 Å². The molecule has 1 aliphatic heterocycles. The minimum Gasteiger partial charge on any atom is -0.334 e. The number of fused-ring (bicyclic) bond motifs is 2. The van der Waals surface area contributed by atoms with E-state index in [-0.39, 0.29) is 18.5 Å². The maximum Gasteiger partial charge on any atom is 0.329 e. The number of nitrogens with one attached hydrogen (secondary N) is 1. The highest BCUT2D eigenvalue weighted by atomic mass is 16.2. The summed E-state index contributed by atoms with van der Waals surface area (Å²) in [6.07, 6.45) is 0.773. The van der Waals surface area contributed by atoms with E-state index < -0.39 is 11.2 Å². The lowest BCUT2D eigenvalue weighted by Gasteiger charge is -2.35. The van der Waals surface area contributed by atoms with Gasteiger partial charge in [0.2, 0.25) is 5.91 Å². The Morgan fingerprint density at radius 2 is 1.85 bits per heavy atom. The summed E-state index contributed by atoms with van der Waals surface area (Å²) in [6.45, 7) is 2.30. The number of hydrogen-bond acceptors (Lipinski definition) is 3. The molecule has 1 unspecified atom stereocenters. The molecule has 4 rings (SSSR count). The lowest BCUT2D eigenvalue weighted by molar-refractivity contribution is -0.134. The topological polar surface area (TPSA) is 75.2 Å². The summed E-state index contributed by atoms with van der Waals surface area (Å²) in [7, 11) is 0. The van der Waals surface area contributed by atoms with Gasteiger partial charge in [-0.1, -0.05) is 36.4 Å². The molecule has 132 valence electrons. The van der Waals surface area contributed by atoms with Crippen molar-refractivity contribution >= 4 is 16.8 Å². The molecule has 0 saturated heterocycles. The molecule has 1 atom stereocenters. The minimum absolute atomic E-state index is 0.0808. The van der Waals surface area contributed by atoms with E-state index in [2.05, 4.69) is 11.1 Å². The van der Waals surface area contributed by atoms with Crippen LogP contribution in [0.15, 0.2) is 58.1 Å². The molecule has 2 heterocycles. The molecular weight excluding hydrogens is 330 g/mol. The summed E-state index contributed by atoms with van der Waals surface area (Å²) >= 11 is 0. The van der Waals surface area contributed by atoms with E-state index in [9.17, 15) is 14.4 Å². The van der Waals surface area contributed by atoms with Crippen LogP contribution in [0.5, 0.6) is 0 Å². The molecule has 0 saturated carbocycles. The zero-order chi connectivity index (χ0) is 18.3. The Bertz CT molecular complexity index is 1110. The van der Waals surface area contributed by atoms with Crippen molar-refractivity contribution in [3.05, 3.63) is 80.5 Å². The van der Waals surface area contributed by atoms with Crippen molar-refractivity contribution in [2.45, 2.75) is 25.9 Å². The number of nitrogens with zero attached hydrogens (tertiary/aromatic N) is 2. The molecule has 1 N–H and O–H groups in total. The van der Waals surface area contributed by atoms with Crippen molar-refractivity contribution in [2.75, 3.05) is 6.54 Å². The first-order valence-electron chi connectivity index (χ1n) is 8.65. The van der Waals surface area contributed by atoms with Gasteiger partial charge in [0.1, 0.15) is 6.54 Å². The van der Waals surface area contributed by atoms with Crippen LogP contribution in [-0.4, -0.2) is 26.9 Å². The molecule has 6 nitrogen and oxygen atoms in total. The van der Waals surface area contributed by atoms with Crippen molar-refractivity contribution in [1.29, 1.82) is 0 Å². The summed E-state index contributed by atoms with van der Waals surface area (Å²) in [5.41, 5.74) is 1.83. The maximum absolute atomic E-state index is 12.8. The standard InChI is InChI=1S/C20H19N3O3/c1-13-15-7-3-2-6-14(15)10-11-22(13)18(24)12-23-19(25)16-8-4-5-9-17(16)21-20(23)26/h2-9,13H,10-12H2,1H3,(H,21,26). The second-order valence-electron chi connectivity index (χ2n) is 6.58. The zero-order valence-electron chi connectivity index (χ0n) is 14.4. The third-order valence-electron chi connectivity index (χ3n) is 5.10. The summed E-state index contributed by atoms with van der Waals surface area (Å²) in [5.74, 6) is -0.227. The van der Waals surface area contributed by atoms with Crippen molar-refractivity contribution in [2.24, 2.45) is 0 Å². The van der Waals surface area contributed by atoms with Crippen LogP contribution in [0.3, 0.4) is 0 Å². The van der Waals surface area contributed by atoms with E-state index in [0.717, 1.165) is 16.6 Å². The van der Waals surface area contributed by atoms with Gasteiger partial charge in [-0.3, -0.25) is 14.2 Å². The highest BCUT2D eigenvalue weighted by molar-refractivity contribution is 5.79. The summed E-state index contributed by atoms with van der Waals surface area (Å²) < 4.78 is 0.984. The summed E-state index contributed by atoms with van der Waals surface area (Å²) in [6, 6.07) is 14.8. The third kappa shape index (κ3) is 2.63. The maximum atomic E-state index is 12.8. The van der Waals surface area contributed by atoms with Crippen molar-refractivity contribution in [1.82, 2.24) is 14.5 Å². The monoisotopic (exact) mass is 349 g/mol. The highest BCUT2D eigenvalue weighted by Crippen LogP contribution is 2.29. The number of amides is 1. The van der Waals surface area contributed by atoms with Crippen LogP contribution in [0.1, 0.15) is 24.1 Å². The van der Waals surface area contributed by atoms with Gasteiger partial charge in [-0.15, -0.1) is 0 Å². The van der Waals surface area contributed by atoms with Crippen LogP contribution < -0.4 is 11.2 Å². The number of carbonyl (C=O) groups excluding carboxylic acids is 1. The molecule has 1 aliphatic rings. The van der Waals surface area contributed by atoms with Gasteiger partial charge in [0.05, 0.1) is 16.9 Å². The summed E-state index contributed by atoms with van der Waals surface area (Å²) in [4.78, 5) is 42.2. The Hall–Kier alpha value is -3.15. The average Bonchev–Trinajstić information content (AvgIpc) is 2.65. The second kappa shape index (κ2) is 6.29. The minimum atomic E-state index is -0.563. The van der Waals surface area contributed by atoms with Crippen LogP contribution in [-0.2, 0) is 17.8 Å². The van der Waals surface area contributed by atoms with Gasteiger partial charge < -0.3 is 9.88 Å². The van der Waals surface area contributed by atoms with Gasteiger partial charge in [0, 0.05) is 6.54 Å². The highest BCUT2D eigenvalue weighted by Gasteiger charge is 2.27. The van der Waals surface area contributed by atoms with Gasteiger partial charge in [-0.05, 0) is 36.6 Å². The normalized spacial score (nSPS) is 16.5. The Morgan fingerprint density at radius 1 is 1.12 bits per heavy atom. The molecule has 0 spiro atoms. The number of carbonyl (C=O) groups is 1. The number of rotatable bonds is 2. The molecule has 6 heteroatoms. The van der Waals surface area contributed by atoms with Crippen LogP contribution in [0.25, 0.3) is 10.9 Å². The Balaban J connectivity index is 1.66. The number of aromatic amines is 1. The number of hydrogen-bond donors (Lipinski definition) is 1. The third-order valence-corrected chi connectivity index (χ3v) is 5.10. The van der Waals surface area contributed by atoms with Gasteiger partial charge >= 0.3 is 5.69 Å². The SMILES string of the molecule is CC1c2ccccc2CCN1C(=O)Cn1c(=O)[nH]c2ccccc2c1=O. The fourth-order valence-electron chi connectivity index (χ4n) is 3.68. The molecule has 1 aromatic heterocycles. The Labute approximate surface area is 149 Å². The van der Waals surface area contributed by atoms with Crippen LogP contribution in [0.2, 0.25) is 0 Å². The molecular formula is C20H19N3O3. The molecule has 26 heavy (non-hydrogen) atoms. The predicted molar refractivity (Wildman–Crippen MR) is 99.1 cm³/mol. The number of benzene rings is 2. The first-order valence-corrected chi connectivity index (χ1v) is 8.65. The smallest absolute Gasteiger partial charge is 0.329 e. The number of para-hydroxylation sites is 1. The molecule has 0 aliphatic carbocycles. The van der Waals surface area contributed by atoms with Crippen LogP contribution in [0, 0.1) is 0 Å². The molecule has 0 bridgehead atoms. The largest absolute Gasteiger partial charge is 0.334 e. The second-order valence-corrected chi connectivity index (χ2v) is 6.58. The molecule has 0 fully saturated rings. The van der Waals surface area contributed by atoms with E-state index >= 15 is 0 Å². The average molecular weight is 349 g/mol. The van der Waals surface area contributed by atoms with E-state index in [0.29, 0.717) is 17.4 Å². The van der Waals surface area contributed by atoms with Crippen LogP contribution >= 0.6 is 0 Å². The lowest BCUT2D eigenvalue weighted by atomic mass is 9.93. The van der Waals surface area contributed by atoms with E-state index in [4.69, 9.17) is 0 Å². The quantitative estimate of drug-likeness (QED) is 0.767. The van der Waals surface area contributed by atoms with Gasteiger partial charge in [0.25, 0.3) is 5.56 Å². The van der Waals surface area contributed by atoms with Gasteiger partial charge in [-0.2, -0.15) is 0 Å². The number of aromatic nitrogens is 2. The van der Waals surface area contributed by atoms with Crippen molar-refractivity contribution < 1.29 is 4.79 Å². The van der Waals surface area contributed by atoms with E-state index in [1.54, 1.807) is 29.2 Å². The summed E-state index contributed by atoms with van der Waals surface area (Å²) in [5, 5.41) is 0.400. The van der Waals surface area contributed by atoms with E-state index in [1.807, 2.05) is 25.1 Å². The Morgan fingerprint density at radius 3 is 2.69 bits per heavy atom. The van der Waals surface area contributed by atoms with E-state index in [1.165, 1.54) is 5.56 Å². The number of H-pyrrole nitrogens is 1. The molecule has 3 aromatic rings. The fraction of sp³-hybridized carbons (Fsp3) is 0.250. The Kier molecular flexibility index (Phi) is 3.95. The predicted octanol–water partition coefficient (Wildman–Crippen LogP) is 1.84. The lowest BCUT2D eigenvalue weighted by Crippen LogP contribution is -2.45. The zero-order valence-corrected chi connectivity index (χ0v) is 14.4.